The van der Waals surface area contributed by atoms with Crippen LogP contribution in [0.1, 0.15) is 11.3 Å². The lowest BCUT2D eigenvalue weighted by Crippen LogP contribution is -2.16. The van der Waals surface area contributed by atoms with Crippen LogP contribution in [-0.2, 0) is 12.8 Å². The summed E-state index contributed by atoms with van der Waals surface area (Å²) in [5, 5.41) is 0.0450. The molecule has 0 spiro atoms. The summed E-state index contributed by atoms with van der Waals surface area (Å²) >= 11 is 0. The molecule has 1 aromatic heterocycles. The fraction of sp³-hybridized carbons (Fsp3) is 0.125. The molecule has 0 aliphatic carbocycles. The minimum Gasteiger partial charge on any atom is -0.497 e. The Morgan fingerprint density at radius 3 is 2.23 bits per heavy atom. The number of ether oxygens (including phenoxy) is 2. The third-order valence-corrected chi connectivity index (χ3v) is 4.75. The van der Waals surface area contributed by atoms with Gasteiger partial charge in [0.1, 0.15) is 23.7 Å². The quantitative estimate of drug-likeness (QED) is 0.389. The number of benzene rings is 3. The van der Waals surface area contributed by atoms with Gasteiger partial charge in [0.2, 0.25) is 11.2 Å². The van der Waals surface area contributed by atoms with Crippen molar-refractivity contribution < 1.29 is 27.1 Å². The molecule has 0 radical (unpaired) electrons. The van der Waals surface area contributed by atoms with Crippen LogP contribution in [0.4, 0.5) is 13.2 Å². The molecule has 7 heteroatoms. The van der Waals surface area contributed by atoms with Crippen LogP contribution in [0.2, 0.25) is 0 Å². The van der Waals surface area contributed by atoms with E-state index in [-0.39, 0.29) is 28.9 Å². The van der Waals surface area contributed by atoms with Gasteiger partial charge in [0.05, 0.1) is 18.1 Å². The molecular formula is C24H17F3O4. The van der Waals surface area contributed by atoms with Gasteiger partial charge in [-0.2, -0.15) is 13.2 Å². The van der Waals surface area contributed by atoms with Crippen molar-refractivity contribution in [3.8, 4) is 22.6 Å². The molecule has 1 heterocycles. The summed E-state index contributed by atoms with van der Waals surface area (Å²) in [7, 11) is 1.56. The maximum atomic E-state index is 13.7. The molecule has 31 heavy (non-hydrogen) atoms. The van der Waals surface area contributed by atoms with E-state index in [0.29, 0.717) is 5.75 Å². The fourth-order valence-corrected chi connectivity index (χ4v) is 3.22. The maximum Gasteiger partial charge on any atom is 0.450 e. The first-order chi connectivity index (χ1) is 14.9. The molecule has 0 bridgehead atoms. The Balaban J connectivity index is 1.73. The second kappa shape index (κ2) is 8.18. The number of methoxy groups -OCH3 is 1. The second-order valence-electron chi connectivity index (χ2n) is 6.79. The fourth-order valence-electron chi connectivity index (χ4n) is 3.22. The largest absolute Gasteiger partial charge is 0.497 e. The van der Waals surface area contributed by atoms with E-state index in [1.807, 2.05) is 12.1 Å². The van der Waals surface area contributed by atoms with Gasteiger partial charge in [-0.25, -0.2) is 0 Å². The molecule has 0 N–H and O–H groups in total. The van der Waals surface area contributed by atoms with Gasteiger partial charge in [-0.1, -0.05) is 42.5 Å². The van der Waals surface area contributed by atoms with Gasteiger partial charge in [-0.3, -0.25) is 4.79 Å². The number of fused-ring (bicyclic) bond motifs is 1. The molecule has 0 fully saturated rings. The molecule has 0 amide bonds. The average molecular weight is 426 g/mol. The second-order valence-corrected chi connectivity index (χ2v) is 6.79. The van der Waals surface area contributed by atoms with Gasteiger partial charge in [0.25, 0.3) is 0 Å². The van der Waals surface area contributed by atoms with Crippen molar-refractivity contribution in [2.45, 2.75) is 12.8 Å². The zero-order valence-electron chi connectivity index (χ0n) is 16.4. The van der Waals surface area contributed by atoms with Gasteiger partial charge < -0.3 is 13.9 Å². The number of hydrogen-bond donors (Lipinski definition) is 0. The maximum absolute atomic E-state index is 13.7. The first-order valence-corrected chi connectivity index (χ1v) is 9.36. The van der Waals surface area contributed by atoms with Crippen molar-refractivity contribution >= 4 is 11.0 Å². The van der Waals surface area contributed by atoms with Crippen molar-refractivity contribution in [1.29, 1.82) is 0 Å². The highest BCUT2D eigenvalue weighted by atomic mass is 19.4. The zero-order valence-corrected chi connectivity index (χ0v) is 16.4. The molecule has 4 nitrogen and oxygen atoms in total. The topological polar surface area (TPSA) is 48.7 Å². The van der Waals surface area contributed by atoms with E-state index in [0.717, 1.165) is 5.56 Å². The van der Waals surface area contributed by atoms with Crippen LogP contribution in [0, 0.1) is 0 Å². The van der Waals surface area contributed by atoms with E-state index < -0.39 is 22.9 Å². The van der Waals surface area contributed by atoms with Crippen LogP contribution >= 0.6 is 0 Å². The van der Waals surface area contributed by atoms with Crippen LogP contribution < -0.4 is 14.9 Å². The van der Waals surface area contributed by atoms with Crippen LogP contribution in [0.15, 0.2) is 82.0 Å². The van der Waals surface area contributed by atoms with Crippen LogP contribution in [-0.4, -0.2) is 7.11 Å². The van der Waals surface area contributed by atoms with Crippen LogP contribution in [0.5, 0.6) is 11.5 Å². The number of hydrogen-bond acceptors (Lipinski definition) is 4. The molecule has 3 aromatic carbocycles. The van der Waals surface area contributed by atoms with E-state index >= 15 is 0 Å². The van der Waals surface area contributed by atoms with Gasteiger partial charge in [0.15, 0.2) is 0 Å². The molecule has 0 aliphatic rings. The van der Waals surface area contributed by atoms with Gasteiger partial charge in [-0.15, -0.1) is 0 Å². The highest BCUT2D eigenvalue weighted by Gasteiger charge is 2.39. The molecule has 0 aliphatic heterocycles. The molecule has 0 unspecified atom stereocenters. The summed E-state index contributed by atoms with van der Waals surface area (Å²) in [4.78, 5) is 12.9. The molecule has 0 atom stereocenters. The number of halogens is 3. The monoisotopic (exact) mass is 426 g/mol. The third-order valence-electron chi connectivity index (χ3n) is 4.75. The third kappa shape index (κ3) is 4.26. The summed E-state index contributed by atoms with van der Waals surface area (Å²) in [6.45, 7) is 0.188. The summed E-state index contributed by atoms with van der Waals surface area (Å²) < 4.78 is 57.1. The Kier molecular flexibility index (Phi) is 5.42. The minimum absolute atomic E-state index is 0.0450. The Bertz CT molecular complexity index is 1260. The molecule has 4 aromatic rings. The average Bonchev–Trinajstić information content (AvgIpc) is 2.77. The SMILES string of the molecule is COc1ccc(COc2ccc3c(=O)c(-c4ccccc4)c(C(F)(F)F)oc3c2)cc1. The highest BCUT2D eigenvalue weighted by molar-refractivity contribution is 5.84. The van der Waals surface area contributed by atoms with Crippen LogP contribution in [0.25, 0.3) is 22.1 Å². The first kappa shape index (κ1) is 20.5. The minimum atomic E-state index is -4.83. The molecule has 4 rings (SSSR count). The predicted octanol–water partition coefficient (Wildman–Crippen LogP) is 6.07. The smallest absolute Gasteiger partial charge is 0.450 e. The van der Waals surface area contributed by atoms with E-state index in [1.54, 1.807) is 37.4 Å². The number of alkyl halides is 3. The Hall–Kier alpha value is -3.74. The van der Waals surface area contributed by atoms with Crippen LogP contribution in [0.3, 0.4) is 0 Å². The highest BCUT2D eigenvalue weighted by Crippen LogP contribution is 2.37. The lowest BCUT2D eigenvalue weighted by atomic mass is 10.0. The summed E-state index contributed by atoms with van der Waals surface area (Å²) in [6.07, 6.45) is -4.83. The lowest BCUT2D eigenvalue weighted by Gasteiger charge is -2.13. The number of rotatable bonds is 5. The summed E-state index contributed by atoms with van der Waals surface area (Å²) in [6, 6.07) is 19.1. The van der Waals surface area contributed by atoms with E-state index in [1.165, 1.54) is 30.3 Å². The van der Waals surface area contributed by atoms with Gasteiger partial charge >= 0.3 is 6.18 Å². The van der Waals surface area contributed by atoms with Gasteiger partial charge in [0, 0.05) is 6.07 Å². The van der Waals surface area contributed by atoms with Crippen molar-refractivity contribution in [3.05, 3.63) is 94.3 Å². The summed E-state index contributed by atoms with van der Waals surface area (Å²) in [5.41, 5.74) is -0.457. The Morgan fingerprint density at radius 2 is 1.58 bits per heavy atom. The standard InChI is InChI=1S/C24H17F3O4/c1-29-17-9-7-15(8-10-17)14-30-18-11-12-19-20(13-18)31-23(24(25,26)27)21(22(19)28)16-5-3-2-4-6-16/h2-13H,14H2,1H3. The predicted molar refractivity (Wildman–Crippen MR) is 110 cm³/mol. The van der Waals surface area contributed by atoms with E-state index in [4.69, 9.17) is 13.9 Å². The van der Waals surface area contributed by atoms with Crippen molar-refractivity contribution in [2.24, 2.45) is 0 Å². The molecule has 0 saturated carbocycles. The Morgan fingerprint density at radius 1 is 0.903 bits per heavy atom. The lowest BCUT2D eigenvalue weighted by molar-refractivity contribution is -0.152. The Labute approximate surface area is 175 Å². The first-order valence-electron chi connectivity index (χ1n) is 9.36. The van der Waals surface area contributed by atoms with Crippen molar-refractivity contribution in [3.63, 3.8) is 0 Å². The van der Waals surface area contributed by atoms with Gasteiger partial charge in [-0.05, 0) is 35.4 Å². The van der Waals surface area contributed by atoms with Crippen molar-refractivity contribution in [2.75, 3.05) is 7.11 Å². The molecule has 0 saturated heterocycles. The molecule has 158 valence electrons. The van der Waals surface area contributed by atoms with E-state index in [9.17, 15) is 18.0 Å². The zero-order chi connectivity index (χ0) is 22.0. The molecular weight excluding hydrogens is 409 g/mol. The van der Waals surface area contributed by atoms with E-state index in [2.05, 4.69) is 0 Å². The summed E-state index contributed by atoms with van der Waals surface area (Å²) in [5.74, 6) is -0.347. The van der Waals surface area contributed by atoms with Crippen molar-refractivity contribution in [1.82, 2.24) is 0 Å². The normalized spacial score (nSPS) is 11.5.